The molecule has 6 nitrogen and oxygen atoms in total. The van der Waals surface area contributed by atoms with Crippen LogP contribution in [0, 0.1) is 6.92 Å². The summed E-state index contributed by atoms with van der Waals surface area (Å²) in [6, 6.07) is 14.2. The molecule has 0 aromatic heterocycles. The lowest BCUT2D eigenvalue weighted by atomic mass is 10.1. The zero-order chi connectivity index (χ0) is 17.8. The SMILES string of the molecule is Cc1ccc(NC(=O)C(=O)N[C@@H](C)[C@@H]2COc3ccccc3O2)cc1. The minimum atomic E-state index is -0.715. The summed E-state index contributed by atoms with van der Waals surface area (Å²) in [6.45, 7) is 4.03. The van der Waals surface area contributed by atoms with Gasteiger partial charge in [0.05, 0.1) is 6.04 Å². The fourth-order valence-electron chi connectivity index (χ4n) is 2.47. The van der Waals surface area contributed by atoms with Gasteiger partial charge in [0, 0.05) is 5.69 Å². The van der Waals surface area contributed by atoms with Gasteiger partial charge in [0.25, 0.3) is 0 Å². The van der Waals surface area contributed by atoms with Crippen molar-refractivity contribution in [3.63, 3.8) is 0 Å². The molecule has 3 rings (SSSR count). The van der Waals surface area contributed by atoms with E-state index in [-0.39, 0.29) is 12.1 Å². The van der Waals surface area contributed by atoms with Crippen LogP contribution in [-0.2, 0) is 9.59 Å². The van der Waals surface area contributed by atoms with Gasteiger partial charge in [0.1, 0.15) is 6.61 Å². The minimum absolute atomic E-state index is 0.304. The molecule has 0 radical (unpaired) electrons. The molecule has 6 heteroatoms. The monoisotopic (exact) mass is 340 g/mol. The molecular weight excluding hydrogens is 320 g/mol. The highest BCUT2D eigenvalue weighted by molar-refractivity contribution is 6.39. The highest BCUT2D eigenvalue weighted by Gasteiger charge is 2.28. The lowest BCUT2D eigenvalue weighted by molar-refractivity contribution is -0.137. The van der Waals surface area contributed by atoms with Gasteiger partial charge >= 0.3 is 11.8 Å². The van der Waals surface area contributed by atoms with E-state index in [4.69, 9.17) is 9.47 Å². The van der Waals surface area contributed by atoms with Crippen LogP contribution in [0.15, 0.2) is 48.5 Å². The van der Waals surface area contributed by atoms with Crippen molar-refractivity contribution in [3.05, 3.63) is 54.1 Å². The molecule has 0 saturated carbocycles. The number of ether oxygens (including phenoxy) is 2. The van der Waals surface area contributed by atoms with Crippen molar-refractivity contribution < 1.29 is 19.1 Å². The van der Waals surface area contributed by atoms with Gasteiger partial charge < -0.3 is 20.1 Å². The third kappa shape index (κ3) is 4.09. The van der Waals surface area contributed by atoms with Crippen molar-refractivity contribution in [2.45, 2.75) is 26.0 Å². The molecule has 2 N–H and O–H groups in total. The first kappa shape index (κ1) is 16.8. The summed E-state index contributed by atoms with van der Waals surface area (Å²) in [5.41, 5.74) is 1.65. The molecule has 0 saturated heterocycles. The van der Waals surface area contributed by atoms with Crippen LogP contribution >= 0.6 is 0 Å². The van der Waals surface area contributed by atoms with Gasteiger partial charge in [-0.15, -0.1) is 0 Å². The van der Waals surface area contributed by atoms with Gasteiger partial charge in [-0.05, 0) is 38.1 Å². The summed E-state index contributed by atoms with van der Waals surface area (Å²) < 4.78 is 11.5. The van der Waals surface area contributed by atoms with Crippen molar-refractivity contribution in [3.8, 4) is 11.5 Å². The first-order valence-corrected chi connectivity index (χ1v) is 8.10. The van der Waals surface area contributed by atoms with Crippen molar-refractivity contribution in [2.24, 2.45) is 0 Å². The third-order valence-corrected chi connectivity index (χ3v) is 3.96. The van der Waals surface area contributed by atoms with Gasteiger partial charge in [0.15, 0.2) is 17.6 Å². The summed E-state index contributed by atoms with van der Waals surface area (Å²) in [5, 5.41) is 5.23. The maximum absolute atomic E-state index is 12.1. The predicted molar refractivity (Wildman–Crippen MR) is 93.8 cm³/mol. The molecule has 1 heterocycles. The number of fused-ring (bicyclic) bond motifs is 1. The Morgan fingerprint density at radius 3 is 2.44 bits per heavy atom. The Morgan fingerprint density at radius 1 is 1.04 bits per heavy atom. The molecule has 0 unspecified atom stereocenters. The topological polar surface area (TPSA) is 76.7 Å². The van der Waals surface area contributed by atoms with Crippen LogP contribution in [0.1, 0.15) is 12.5 Å². The maximum Gasteiger partial charge on any atom is 0.313 e. The molecule has 130 valence electrons. The largest absolute Gasteiger partial charge is 0.486 e. The van der Waals surface area contributed by atoms with E-state index in [2.05, 4.69) is 10.6 Å². The van der Waals surface area contributed by atoms with Crippen LogP contribution in [0.2, 0.25) is 0 Å². The second-order valence-electron chi connectivity index (χ2n) is 6.00. The average molecular weight is 340 g/mol. The fourth-order valence-corrected chi connectivity index (χ4v) is 2.47. The summed E-state index contributed by atoms with van der Waals surface area (Å²) in [6.07, 6.45) is -0.369. The highest BCUT2D eigenvalue weighted by atomic mass is 16.6. The summed E-state index contributed by atoms with van der Waals surface area (Å²) in [7, 11) is 0. The second kappa shape index (κ2) is 7.25. The average Bonchev–Trinajstić information content (AvgIpc) is 2.63. The summed E-state index contributed by atoms with van der Waals surface area (Å²) in [4.78, 5) is 24.1. The Labute approximate surface area is 146 Å². The number of benzene rings is 2. The lowest BCUT2D eigenvalue weighted by Gasteiger charge is -2.30. The van der Waals surface area contributed by atoms with E-state index in [1.807, 2.05) is 37.3 Å². The van der Waals surface area contributed by atoms with Gasteiger partial charge in [-0.2, -0.15) is 0 Å². The van der Waals surface area contributed by atoms with Crippen LogP contribution in [-0.4, -0.2) is 30.6 Å². The minimum Gasteiger partial charge on any atom is -0.486 e. The molecule has 2 aromatic carbocycles. The van der Waals surface area contributed by atoms with Crippen molar-refractivity contribution in [1.82, 2.24) is 5.32 Å². The number of rotatable bonds is 3. The molecule has 0 fully saturated rings. The first-order chi connectivity index (χ1) is 12.0. The number of anilines is 1. The van der Waals surface area contributed by atoms with Gasteiger partial charge in [0.2, 0.25) is 0 Å². The molecule has 2 atom stereocenters. The maximum atomic E-state index is 12.1. The van der Waals surface area contributed by atoms with E-state index < -0.39 is 11.8 Å². The number of hydrogen-bond acceptors (Lipinski definition) is 4. The lowest BCUT2D eigenvalue weighted by Crippen LogP contribution is -2.50. The Bertz CT molecular complexity index is 773. The van der Waals surface area contributed by atoms with Crippen molar-refractivity contribution >= 4 is 17.5 Å². The van der Waals surface area contributed by atoms with Crippen LogP contribution in [0.4, 0.5) is 5.69 Å². The predicted octanol–water partition coefficient (Wildman–Crippen LogP) is 2.28. The first-order valence-electron chi connectivity index (χ1n) is 8.10. The van der Waals surface area contributed by atoms with E-state index in [1.165, 1.54) is 0 Å². The summed E-state index contributed by atoms with van der Waals surface area (Å²) in [5.74, 6) is -0.123. The van der Waals surface area contributed by atoms with Crippen LogP contribution in [0.5, 0.6) is 11.5 Å². The van der Waals surface area contributed by atoms with Crippen molar-refractivity contribution in [1.29, 1.82) is 0 Å². The third-order valence-electron chi connectivity index (χ3n) is 3.96. The van der Waals surface area contributed by atoms with E-state index >= 15 is 0 Å². The smallest absolute Gasteiger partial charge is 0.313 e. The molecule has 0 bridgehead atoms. The molecule has 2 aromatic rings. The van der Waals surface area contributed by atoms with E-state index in [9.17, 15) is 9.59 Å². The Kier molecular flexibility index (Phi) is 4.88. The number of amides is 2. The normalized spacial score (nSPS) is 16.6. The Morgan fingerprint density at radius 2 is 1.72 bits per heavy atom. The van der Waals surface area contributed by atoms with E-state index in [0.717, 1.165) is 5.56 Å². The molecule has 1 aliphatic heterocycles. The Balaban J connectivity index is 1.55. The molecule has 25 heavy (non-hydrogen) atoms. The van der Waals surface area contributed by atoms with Crippen LogP contribution < -0.4 is 20.1 Å². The number of carbonyl (C=O) groups excluding carboxylic acids is 2. The fraction of sp³-hybridized carbons (Fsp3) is 0.263. The van der Waals surface area contributed by atoms with Crippen LogP contribution in [0.25, 0.3) is 0 Å². The molecule has 1 aliphatic rings. The van der Waals surface area contributed by atoms with E-state index in [1.54, 1.807) is 25.1 Å². The number of para-hydroxylation sites is 2. The van der Waals surface area contributed by atoms with Crippen molar-refractivity contribution in [2.75, 3.05) is 11.9 Å². The molecular formula is C19H20N2O4. The zero-order valence-electron chi connectivity index (χ0n) is 14.1. The van der Waals surface area contributed by atoms with Gasteiger partial charge in [-0.25, -0.2) is 0 Å². The Hall–Kier alpha value is -3.02. The molecule has 0 spiro atoms. The molecule has 2 amide bonds. The summed E-state index contributed by atoms with van der Waals surface area (Å²) >= 11 is 0. The number of aryl methyl sites for hydroxylation is 1. The van der Waals surface area contributed by atoms with E-state index in [0.29, 0.717) is 23.8 Å². The number of carbonyl (C=O) groups is 2. The number of hydrogen-bond donors (Lipinski definition) is 2. The number of nitrogens with one attached hydrogen (secondary N) is 2. The zero-order valence-corrected chi connectivity index (χ0v) is 14.1. The van der Waals surface area contributed by atoms with Gasteiger partial charge in [-0.1, -0.05) is 29.8 Å². The van der Waals surface area contributed by atoms with Gasteiger partial charge in [-0.3, -0.25) is 9.59 Å². The quantitative estimate of drug-likeness (QED) is 0.841. The van der Waals surface area contributed by atoms with Crippen LogP contribution in [0.3, 0.4) is 0 Å². The highest BCUT2D eigenvalue weighted by Crippen LogP contribution is 2.31. The molecule has 0 aliphatic carbocycles. The standard InChI is InChI=1S/C19H20N2O4/c1-12-7-9-14(10-8-12)21-19(23)18(22)20-13(2)17-11-24-15-5-3-4-6-16(15)25-17/h3-10,13,17H,11H2,1-2H3,(H,20,22)(H,21,23)/t13-,17-/m0/s1. The second-order valence-corrected chi connectivity index (χ2v) is 6.00.